The highest BCUT2D eigenvalue weighted by molar-refractivity contribution is 6.04. The molecule has 0 aliphatic rings. The fraction of sp³-hybridized carbons (Fsp3) is 0.320. The molecule has 24 heteroatoms. The molecule has 0 saturated heterocycles. The second-order valence-corrected chi connectivity index (χ2v) is 15.2. The van der Waals surface area contributed by atoms with Gasteiger partial charge in [-0.1, -0.05) is 56.5 Å². The topological polar surface area (TPSA) is 303 Å². The van der Waals surface area contributed by atoms with E-state index in [-0.39, 0.29) is 90.6 Å². The van der Waals surface area contributed by atoms with Crippen LogP contribution in [0.5, 0.6) is 0 Å². The van der Waals surface area contributed by atoms with Gasteiger partial charge in [-0.3, -0.25) is 4.79 Å². The first-order valence-corrected chi connectivity index (χ1v) is 22.4. The van der Waals surface area contributed by atoms with Gasteiger partial charge in [0, 0.05) is 17.6 Å². The first kappa shape index (κ1) is 57.4. The maximum Gasteiger partial charge on any atom is 0.339 e. The lowest BCUT2D eigenvalue weighted by atomic mass is 10.1. The first-order valence-electron chi connectivity index (χ1n) is 22.4. The van der Waals surface area contributed by atoms with Gasteiger partial charge in [-0.05, 0) is 50.2 Å². The predicted molar refractivity (Wildman–Crippen MR) is 253 cm³/mol. The van der Waals surface area contributed by atoms with Gasteiger partial charge < -0.3 is 42.6 Å². The highest BCUT2D eigenvalue weighted by atomic mass is 16.6. The molecule has 0 saturated carbocycles. The van der Waals surface area contributed by atoms with Crippen molar-refractivity contribution in [2.75, 3.05) is 59.5 Å². The number of carbonyl (C=O) groups excluding carboxylic acids is 9. The van der Waals surface area contributed by atoms with Crippen molar-refractivity contribution in [2.24, 2.45) is 0 Å². The minimum atomic E-state index is -1.26. The zero-order chi connectivity index (χ0) is 54.3. The van der Waals surface area contributed by atoms with Gasteiger partial charge in [0.05, 0.1) is 53.0 Å². The molecule has 1 heterocycles. The van der Waals surface area contributed by atoms with Gasteiger partial charge in [-0.25, -0.2) is 66.4 Å². The summed E-state index contributed by atoms with van der Waals surface area (Å²) in [6, 6.07) is 16.1. The number of benzene rings is 3. The lowest BCUT2D eigenvalue weighted by Gasteiger charge is -2.15. The molecule has 74 heavy (non-hydrogen) atoms. The molecule has 0 fully saturated rings. The third-order valence-electron chi connectivity index (χ3n) is 9.79. The number of rotatable bonds is 27. The lowest BCUT2D eigenvalue weighted by Crippen LogP contribution is -2.55. The Morgan fingerprint density at radius 1 is 0.365 bits per heavy atom. The van der Waals surface area contributed by atoms with E-state index in [0.717, 1.165) is 0 Å². The van der Waals surface area contributed by atoms with E-state index in [1.807, 2.05) is 0 Å². The summed E-state index contributed by atoms with van der Waals surface area (Å²) in [6.45, 7) is 5.23. The van der Waals surface area contributed by atoms with Crippen LogP contribution in [0.25, 0.3) is 0 Å². The standard InChI is InChI=1S/C50H51N3O21/c1-6-39(54)66-25-26-72-45(60)36-16-10-7-13-33(36)42(57)67-22-19-51-48(63)52(20-23-68-43(58)34-14-8-11-17-37(34)46(61)73-29-27-70-40(55)31(2)3)50(65)53(49(51)64)21-24-69-44(59)35-15-9-12-18-38(35)47(62)74-30-28-71-41(56)32(4)5/h7-18H,2,4,6,19-30H2,1,3,5H3. The Bertz CT molecular complexity index is 2840. The van der Waals surface area contributed by atoms with Gasteiger partial charge in [0.2, 0.25) is 0 Å². The highest BCUT2D eigenvalue weighted by Crippen LogP contribution is 2.15. The maximum absolute atomic E-state index is 13.8. The fourth-order valence-electron chi connectivity index (χ4n) is 6.10. The third-order valence-corrected chi connectivity index (χ3v) is 9.79. The molecule has 24 nitrogen and oxygen atoms in total. The Hall–Kier alpha value is -9.22. The van der Waals surface area contributed by atoms with Crippen LogP contribution in [-0.2, 0) is 76.6 Å². The number of aromatic nitrogens is 3. The Kier molecular flexibility index (Phi) is 22.2. The summed E-state index contributed by atoms with van der Waals surface area (Å²) in [6.07, 6.45) is 0.102. The summed E-state index contributed by atoms with van der Waals surface area (Å²) in [7, 11) is 0. The number of ether oxygens (including phenoxy) is 9. The average molecular weight is 1030 g/mol. The molecule has 4 rings (SSSR count). The van der Waals surface area contributed by atoms with Gasteiger partial charge in [0.1, 0.15) is 59.5 Å². The number of hydrogen-bond acceptors (Lipinski definition) is 21. The maximum atomic E-state index is 13.8. The molecule has 0 bridgehead atoms. The van der Waals surface area contributed by atoms with Crippen molar-refractivity contribution in [3.8, 4) is 0 Å². The molecular formula is C50H51N3O21. The molecule has 392 valence electrons. The minimum absolute atomic E-state index is 0.102. The van der Waals surface area contributed by atoms with Crippen molar-refractivity contribution in [2.45, 2.75) is 46.8 Å². The molecule has 0 spiro atoms. The summed E-state index contributed by atoms with van der Waals surface area (Å²) in [4.78, 5) is 155. The summed E-state index contributed by atoms with van der Waals surface area (Å²) in [5.41, 5.74) is -5.05. The molecule has 0 N–H and O–H groups in total. The van der Waals surface area contributed by atoms with E-state index < -0.39 is 110 Å². The van der Waals surface area contributed by atoms with E-state index >= 15 is 0 Å². The molecule has 0 amide bonds. The molecule has 1 aromatic heterocycles. The summed E-state index contributed by atoms with van der Waals surface area (Å²) in [5.74, 6) is -8.11. The largest absolute Gasteiger partial charge is 0.462 e. The van der Waals surface area contributed by atoms with Crippen LogP contribution in [0, 0.1) is 0 Å². The van der Waals surface area contributed by atoms with Gasteiger partial charge >= 0.3 is 70.8 Å². The first-order chi connectivity index (χ1) is 35.4. The van der Waals surface area contributed by atoms with Gasteiger partial charge in [-0.15, -0.1) is 0 Å². The van der Waals surface area contributed by atoms with Crippen molar-refractivity contribution in [1.82, 2.24) is 13.7 Å². The molecule has 0 unspecified atom stereocenters. The highest BCUT2D eigenvalue weighted by Gasteiger charge is 2.24. The third kappa shape index (κ3) is 16.4. The average Bonchev–Trinajstić information content (AvgIpc) is 3.39. The van der Waals surface area contributed by atoms with Crippen LogP contribution in [0.1, 0.15) is 89.3 Å². The molecule has 0 atom stereocenters. The normalized spacial score (nSPS) is 10.5. The molecule has 0 radical (unpaired) electrons. The van der Waals surface area contributed by atoms with E-state index in [9.17, 15) is 57.5 Å². The van der Waals surface area contributed by atoms with Crippen LogP contribution in [0.15, 0.2) is 111 Å². The Morgan fingerprint density at radius 2 is 0.581 bits per heavy atom. The lowest BCUT2D eigenvalue weighted by molar-refractivity contribution is -0.144. The molecule has 0 aliphatic carbocycles. The Labute approximate surface area is 420 Å². The fourth-order valence-corrected chi connectivity index (χ4v) is 6.10. The number of nitrogens with zero attached hydrogens (tertiary/aromatic N) is 3. The van der Waals surface area contributed by atoms with E-state index in [4.69, 9.17) is 42.6 Å². The van der Waals surface area contributed by atoms with E-state index in [1.165, 1.54) is 86.6 Å². The monoisotopic (exact) mass is 1030 g/mol. The van der Waals surface area contributed by atoms with Gasteiger partial charge in [0.15, 0.2) is 0 Å². The quantitative estimate of drug-likeness (QED) is 0.0358. The van der Waals surface area contributed by atoms with Crippen LogP contribution in [-0.4, -0.2) is 127 Å². The number of carbonyl (C=O) groups is 9. The Balaban J connectivity index is 1.54. The summed E-state index contributed by atoms with van der Waals surface area (Å²) >= 11 is 0. The molecule has 4 aromatic rings. The zero-order valence-electron chi connectivity index (χ0n) is 40.4. The molecule has 0 aliphatic heterocycles. The molecule has 3 aromatic carbocycles. The van der Waals surface area contributed by atoms with Crippen molar-refractivity contribution in [3.05, 3.63) is 162 Å². The van der Waals surface area contributed by atoms with Crippen LogP contribution < -0.4 is 17.1 Å². The van der Waals surface area contributed by atoms with Crippen molar-refractivity contribution in [3.63, 3.8) is 0 Å². The van der Waals surface area contributed by atoms with E-state index in [2.05, 4.69) is 13.2 Å². The van der Waals surface area contributed by atoms with E-state index in [1.54, 1.807) is 6.92 Å². The van der Waals surface area contributed by atoms with Gasteiger partial charge in [-0.2, -0.15) is 0 Å². The second-order valence-electron chi connectivity index (χ2n) is 15.2. The smallest absolute Gasteiger partial charge is 0.339 e. The SMILES string of the molecule is C=C(C)C(=O)OCCOC(=O)c1ccccc1C(=O)OCCn1c(=O)n(CCOC(=O)c2ccccc2C(=O)OCCOC(=O)CC)c(=O)n(CCOC(=O)c2ccccc2C(=O)OCCOC(=O)C(=C)C)c1=O. The predicted octanol–water partition coefficient (Wildman–Crippen LogP) is 2.40. The molecular weight excluding hydrogens is 979 g/mol. The van der Waals surface area contributed by atoms with Crippen LogP contribution in [0.4, 0.5) is 0 Å². The van der Waals surface area contributed by atoms with Crippen LogP contribution in [0.2, 0.25) is 0 Å². The minimum Gasteiger partial charge on any atom is -0.462 e. The van der Waals surface area contributed by atoms with Crippen molar-refractivity contribution >= 4 is 53.7 Å². The van der Waals surface area contributed by atoms with Crippen molar-refractivity contribution in [1.29, 1.82) is 0 Å². The summed E-state index contributed by atoms with van der Waals surface area (Å²) < 4.78 is 47.5. The second kappa shape index (κ2) is 28.6. The zero-order valence-corrected chi connectivity index (χ0v) is 40.4. The number of esters is 9. The number of hydrogen-bond donors (Lipinski definition) is 0. The van der Waals surface area contributed by atoms with Crippen LogP contribution >= 0.6 is 0 Å². The Morgan fingerprint density at radius 3 is 0.811 bits per heavy atom. The summed E-state index contributed by atoms with van der Waals surface area (Å²) in [5, 5.41) is 0. The van der Waals surface area contributed by atoms with E-state index in [0.29, 0.717) is 13.7 Å². The van der Waals surface area contributed by atoms with Gasteiger partial charge in [0.25, 0.3) is 0 Å². The van der Waals surface area contributed by atoms with Crippen LogP contribution in [0.3, 0.4) is 0 Å². The van der Waals surface area contributed by atoms with Crippen molar-refractivity contribution < 1.29 is 85.8 Å².